The first-order chi connectivity index (χ1) is 8.71. The van der Waals surface area contributed by atoms with Gasteiger partial charge in [0, 0.05) is 6.54 Å². The Bertz CT molecular complexity index is 323. The van der Waals surface area contributed by atoms with Crippen LogP contribution >= 0.6 is 0 Å². The van der Waals surface area contributed by atoms with Gasteiger partial charge in [-0.3, -0.25) is 4.79 Å². The van der Waals surface area contributed by atoms with Crippen LogP contribution in [0.25, 0.3) is 0 Å². The summed E-state index contributed by atoms with van der Waals surface area (Å²) in [5, 5.41) is 14.8. The molecule has 6 nitrogen and oxygen atoms in total. The number of likely N-dealkylation sites (N-methyl/N-ethyl adjacent to an activating group) is 1. The summed E-state index contributed by atoms with van der Waals surface area (Å²) in [5.41, 5.74) is -0.639. The number of rotatable bonds is 6. The second-order valence-corrected chi connectivity index (χ2v) is 5.12. The molecule has 3 N–H and O–H groups in total. The number of aliphatic hydroxyl groups excluding tert-OH is 1. The third kappa shape index (κ3) is 7.46. The van der Waals surface area contributed by atoms with Gasteiger partial charge in [-0.05, 0) is 34.1 Å². The molecule has 2 atom stereocenters. The normalized spacial score (nSPS) is 14.2. The van der Waals surface area contributed by atoms with E-state index in [2.05, 4.69) is 17.2 Å². The number of carbonyl (C=O) groups excluding carboxylic acids is 2. The molecule has 0 aliphatic heterocycles. The van der Waals surface area contributed by atoms with Gasteiger partial charge in [-0.1, -0.05) is 6.08 Å². The number of amides is 2. The van der Waals surface area contributed by atoms with E-state index >= 15 is 0 Å². The molecule has 0 aromatic carbocycles. The van der Waals surface area contributed by atoms with E-state index in [0.29, 0.717) is 6.54 Å². The lowest BCUT2D eigenvalue weighted by Crippen LogP contribution is -2.51. The number of ether oxygens (including phenoxy) is 1. The van der Waals surface area contributed by atoms with Gasteiger partial charge in [0.15, 0.2) is 6.10 Å². The second-order valence-electron chi connectivity index (χ2n) is 5.12. The average Bonchev–Trinajstić information content (AvgIpc) is 2.25. The van der Waals surface area contributed by atoms with Crippen molar-refractivity contribution in [3.8, 4) is 0 Å². The number of carbonyl (C=O) groups is 2. The lowest BCUT2D eigenvalue weighted by Gasteiger charge is -2.25. The Morgan fingerprint density at radius 2 is 2.00 bits per heavy atom. The van der Waals surface area contributed by atoms with E-state index < -0.39 is 29.7 Å². The molecule has 19 heavy (non-hydrogen) atoms. The van der Waals surface area contributed by atoms with Gasteiger partial charge in [0.25, 0.3) is 5.91 Å². The van der Waals surface area contributed by atoms with Crippen molar-refractivity contribution in [1.29, 1.82) is 0 Å². The van der Waals surface area contributed by atoms with E-state index in [9.17, 15) is 14.7 Å². The highest BCUT2D eigenvalue weighted by Crippen LogP contribution is 2.08. The van der Waals surface area contributed by atoms with Crippen molar-refractivity contribution in [1.82, 2.24) is 10.6 Å². The van der Waals surface area contributed by atoms with Crippen LogP contribution in [0.1, 0.15) is 34.1 Å². The molecular weight excluding hydrogens is 248 g/mol. The molecule has 0 aromatic heterocycles. The molecule has 0 saturated heterocycles. The maximum absolute atomic E-state index is 11.6. The predicted octanol–water partition coefficient (Wildman–Crippen LogP) is 0.953. The molecule has 0 saturated carbocycles. The summed E-state index contributed by atoms with van der Waals surface area (Å²) >= 11 is 0. The number of nitrogens with one attached hydrogen (secondary N) is 2. The van der Waals surface area contributed by atoms with Crippen LogP contribution in [0.5, 0.6) is 0 Å². The number of aliphatic hydroxyl groups is 1. The van der Waals surface area contributed by atoms with Crippen molar-refractivity contribution in [2.75, 3.05) is 6.54 Å². The summed E-state index contributed by atoms with van der Waals surface area (Å²) in [7, 11) is 0. The van der Waals surface area contributed by atoms with Gasteiger partial charge >= 0.3 is 6.09 Å². The minimum atomic E-state index is -1.34. The van der Waals surface area contributed by atoms with Crippen molar-refractivity contribution >= 4 is 12.0 Å². The monoisotopic (exact) mass is 272 g/mol. The minimum Gasteiger partial charge on any atom is -0.444 e. The first-order valence-corrected chi connectivity index (χ1v) is 6.27. The molecular formula is C13H24N2O4. The predicted molar refractivity (Wildman–Crippen MR) is 72.7 cm³/mol. The lowest BCUT2D eigenvalue weighted by atomic mass is 10.1. The van der Waals surface area contributed by atoms with Crippen LogP contribution in [-0.4, -0.2) is 41.4 Å². The standard InChI is InChI=1S/C13H24N2O4/c1-6-8-9(10(16)11(17)14-7-2)15-12(18)19-13(3,4)5/h6,9-10,16H,1,7-8H2,2-5H3,(H,14,17)(H,15,18)/t9-,10?/m0/s1. The minimum absolute atomic E-state index is 0.261. The van der Waals surface area contributed by atoms with Gasteiger partial charge in [-0.25, -0.2) is 4.79 Å². The van der Waals surface area contributed by atoms with Crippen molar-refractivity contribution in [3.05, 3.63) is 12.7 Å². The molecule has 0 bridgehead atoms. The Hall–Kier alpha value is -1.56. The van der Waals surface area contributed by atoms with Crippen molar-refractivity contribution in [3.63, 3.8) is 0 Å². The Morgan fingerprint density at radius 3 is 2.42 bits per heavy atom. The van der Waals surface area contributed by atoms with E-state index in [1.807, 2.05) is 0 Å². The largest absolute Gasteiger partial charge is 0.444 e. The van der Waals surface area contributed by atoms with E-state index in [0.717, 1.165) is 0 Å². The number of hydrogen-bond acceptors (Lipinski definition) is 4. The van der Waals surface area contributed by atoms with Gasteiger partial charge in [0.05, 0.1) is 6.04 Å². The molecule has 0 aliphatic carbocycles. The zero-order valence-electron chi connectivity index (χ0n) is 12.0. The van der Waals surface area contributed by atoms with Crippen LogP contribution in [0, 0.1) is 0 Å². The molecule has 2 amide bonds. The topological polar surface area (TPSA) is 87.7 Å². The average molecular weight is 272 g/mol. The maximum Gasteiger partial charge on any atom is 0.407 e. The molecule has 6 heteroatoms. The fourth-order valence-corrected chi connectivity index (χ4v) is 1.37. The number of hydrogen-bond donors (Lipinski definition) is 3. The first-order valence-electron chi connectivity index (χ1n) is 6.27. The third-order valence-corrected chi connectivity index (χ3v) is 2.12. The van der Waals surface area contributed by atoms with E-state index in [1.165, 1.54) is 6.08 Å². The Balaban J connectivity index is 4.60. The summed E-state index contributed by atoms with van der Waals surface area (Å²) < 4.78 is 5.08. The van der Waals surface area contributed by atoms with Gasteiger partial charge in [0.1, 0.15) is 5.60 Å². The summed E-state index contributed by atoms with van der Waals surface area (Å²) in [6.45, 7) is 10.9. The summed E-state index contributed by atoms with van der Waals surface area (Å²) in [5.74, 6) is -0.537. The fourth-order valence-electron chi connectivity index (χ4n) is 1.37. The molecule has 0 heterocycles. The molecule has 0 aromatic rings. The number of alkyl carbamates (subject to hydrolysis) is 1. The summed E-state index contributed by atoms with van der Waals surface area (Å²) in [4.78, 5) is 23.2. The van der Waals surface area contributed by atoms with Crippen molar-refractivity contribution < 1.29 is 19.4 Å². The SMILES string of the molecule is C=CC[C@H](NC(=O)OC(C)(C)C)C(O)C(=O)NCC. The van der Waals surface area contributed by atoms with Crippen LogP contribution in [0.2, 0.25) is 0 Å². The third-order valence-electron chi connectivity index (χ3n) is 2.12. The van der Waals surface area contributed by atoms with Gasteiger partial charge in [0.2, 0.25) is 0 Å². The van der Waals surface area contributed by atoms with Crippen molar-refractivity contribution in [2.24, 2.45) is 0 Å². The summed E-state index contributed by atoms with van der Waals surface area (Å²) in [6.07, 6.45) is -0.240. The molecule has 0 fully saturated rings. The fraction of sp³-hybridized carbons (Fsp3) is 0.692. The van der Waals surface area contributed by atoms with Crippen LogP contribution < -0.4 is 10.6 Å². The Morgan fingerprint density at radius 1 is 1.42 bits per heavy atom. The molecule has 0 spiro atoms. The van der Waals surface area contributed by atoms with Gasteiger partial charge in [-0.15, -0.1) is 6.58 Å². The lowest BCUT2D eigenvalue weighted by molar-refractivity contribution is -0.130. The van der Waals surface area contributed by atoms with Crippen LogP contribution in [-0.2, 0) is 9.53 Å². The first kappa shape index (κ1) is 17.4. The zero-order valence-corrected chi connectivity index (χ0v) is 12.0. The smallest absolute Gasteiger partial charge is 0.407 e. The molecule has 110 valence electrons. The highest BCUT2D eigenvalue weighted by molar-refractivity contribution is 5.82. The van der Waals surface area contributed by atoms with Crippen molar-refractivity contribution in [2.45, 2.75) is 51.9 Å². The highest BCUT2D eigenvalue weighted by Gasteiger charge is 2.28. The quantitative estimate of drug-likeness (QED) is 0.628. The van der Waals surface area contributed by atoms with Crippen LogP contribution in [0.15, 0.2) is 12.7 Å². The molecule has 0 rings (SSSR count). The molecule has 1 unspecified atom stereocenters. The Kier molecular flexibility index (Phi) is 7.14. The van der Waals surface area contributed by atoms with E-state index in [4.69, 9.17) is 4.74 Å². The van der Waals surface area contributed by atoms with Gasteiger partial charge in [-0.2, -0.15) is 0 Å². The van der Waals surface area contributed by atoms with Gasteiger partial charge < -0.3 is 20.5 Å². The highest BCUT2D eigenvalue weighted by atomic mass is 16.6. The maximum atomic E-state index is 11.6. The van der Waals surface area contributed by atoms with E-state index in [1.54, 1.807) is 27.7 Å². The van der Waals surface area contributed by atoms with Crippen LogP contribution in [0.4, 0.5) is 4.79 Å². The Labute approximate surface area is 114 Å². The zero-order chi connectivity index (χ0) is 15.1. The van der Waals surface area contributed by atoms with E-state index in [-0.39, 0.29) is 6.42 Å². The second kappa shape index (κ2) is 7.78. The summed E-state index contributed by atoms with van der Waals surface area (Å²) in [6, 6.07) is -0.765. The van der Waals surface area contributed by atoms with Crippen LogP contribution in [0.3, 0.4) is 0 Å². The molecule has 0 radical (unpaired) electrons. The molecule has 0 aliphatic rings.